The summed E-state index contributed by atoms with van der Waals surface area (Å²) in [5.41, 5.74) is 0. The summed E-state index contributed by atoms with van der Waals surface area (Å²) in [7, 11) is 0. The second-order valence-corrected chi connectivity index (χ2v) is 4.85. The molecule has 0 rings (SSSR count). The van der Waals surface area contributed by atoms with Crippen LogP contribution < -0.4 is 10.6 Å². The predicted octanol–water partition coefficient (Wildman–Crippen LogP) is 1.75. The average Bonchev–Trinajstić information content (AvgIpc) is 2.25. The van der Waals surface area contributed by atoms with Crippen molar-refractivity contribution >= 4 is 5.96 Å². The molecule has 102 valence electrons. The molecule has 0 bridgehead atoms. The Morgan fingerprint density at radius 1 is 1.24 bits per heavy atom. The Balaban J connectivity index is 3.90. The van der Waals surface area contributed by atoms with Gasteiger partial charge in [0, 0.05) is 12.6 Å². The first-order chi connectivity index (χ1) is 8.10. The second kappa shape index (κ2) is 10.4. The van der Waals surface area contributed by atoms with Crippen LogP contribution in [-0.2, 0) is 0 Å². The molecule has 0 aliphatic carbocycles. The Morgan fingerprint density at radius 2 is 1.94 bits per heavy atom. The highest BCUT2D eigenvalue weighted by atomic mass is 16.3. The van der Waals surface area contributed by atoms with Crippen molar-refractivity contribution in [3.8, 4) is 0 Å². The summed E-state index contributed by atoms with van der Waals surface area (Å²) >= 11 is 0. The molecule has 0 spiro atoms. The van der Waals surface area contributed by atoms with E-state index in [1.807, 2.05) is 6.92 Å². The maximum Gasteiger partial charge on any atom is 0.191 e. The van der Waals surface area contributed by atoms with Crippen molar-refractivity contribution in [2.24, 2.45) is 10.9 Å². The van der Waals surface area contributed by atoms with Crippen LogP contribution in [-0.4, -0.2) is 36.8 Å². The molecule has 0 amide bonds. The van der Waals surface area contributed by atoms with Gasteiger partial charge in [-0.3, -0.25) is 4.99 Å². The van der Waals surface area contributed by atoms with Crippen molar-refractivity contribution in [2.75, 3.05) is 19.7 Å². The number of nitrogens with one attached hydrogen (secondary N) is 2. The van der Waals surface area contributed by atoms with Gasteiger partial charge in [-0.2, -0.15) is 0 Å². The van der Waals surface area contributed by atoms with E-state index in [0.29, 0.717) is 12.6 Å². The Kier molecular flexibility index (Phi) is 9.92. The van der Waals surface area contributed by atoms with Crippen molar-refractivity contribution < 1.29 is 5.11 Å². The van der Waals surface area contributed by atoms with E-state index in [1.54, 1.807) is 0 Å². The minimum Gasteiger partial charge on any atom is -0.394 e. The topological polar surface area (TPSA) is 56.7 Å². The molecule has 0 radical (unpaired) electrons. The van der Waals surface area contributed by atoms with Crippen molar-refractivity contribution in [2.45, 2.75) is 53.0 Å². The zero-order valence-corrected chi connectivity index (χ0v) is 11.8. The summed E-state index contributed by atoms with van der Waals surface area (Å²) in [5.74, 6) is 1.58. The Hall–Kier alpha value is -0.770. The fourth-order valence-electron chi connectivity index (χ4n) is 1.62. The van der Waals surface area contributed by atoms with Gasteiger partial charge in [0.1, 0.15) is 0 Å². The molecule has 0 aromatic carbocycles. The quantitative estimate of drug-likeness (QED) is 0.450. The number of nitrogens with zero attached hydrogens (tertiary/aromatic N) is 1. The molecule has 3 N–H and O–H groups in total. The summed E-state index contributed by atoms with van der Waals surface area (Å²) < 4.78 is 0. The maximum atomic E-state index is 8.76. The van der Waals surface area contributed by atoms with Gasteiger partial charge in [-0.1, -0.05) is 26.7 Å². The van der Waals surface area contributed by atoms with E-state index in [-0.39, 0.29) is 6.61 Å². The van der Waals surface area contributed by atoms with Gasteiger partial charge in [0.2, 0.25) is 0 Å². The van der Waals surface area contributed by atoms with E-state index in [9.17, 15) is 0 Å². The monoisotopic (exact) mass is 243 g/mol. The number of aliphatic hydroxyl groups is 1. The van der Waals surface area contributed by atoms with Crippen molar-refractivity contribution in [1.82, 2.24) is 10.6 Å². The Labute approximate surface area is 106 Å². The summed E-state index contributed by atoms with van der Waals surface area (Å²) in [6, 6.07) is 0.422. The van der Waals surface area contributed by atoms with Crippen LogP contribution in [0.4, 0.5) is 0 Å². The van der Waals surface area contributed by atoms with Crippen LogP contribution >= 0.6 is 0 Å². The molecular weight excluding hydrogens is 214 g/mol. The lowest BCUT2D eigenvalue weighted by molar-refractivity contribution is 0.306. The molecular formula is C13H29N3O. The highest BCUT2D eigenvalue weighted by molar-refractivity contribution is 5.79. The van der Waals surface area contributed by atoms with Crippen molar-refractivity contribution in [1.29, 1.82) is 0 Å². The van der Waals surface area contributed by atoms with E-state index < -0.39 is 0 Å². The third kappa shape index (κ3) is 10.1. The smallest absolute Gasteiger partial charge is 0.191 e. The number of hydrogen-bond acceptors (Lipinski definition) is 2. The number of hydrogen-bond donors (Lipinski definition) is 3. The number of rotatable bonds is 8. The van der Waals surface area contributed by atoms with Crippen LogP contribution in [0.25, 0.3) is 0 Å². The second-order valence-electron chi connectivity index (χ2n) is 4.85. The molecule has 1 unspecified atom stereocenters. The van der Waals surface area contributed by atoms with Crippen LogP contribution in [0.1, 0.15) is 47.0 Å². The first-order valence-electron chi connectivity index (χ1n) is 6.75. The van der Waals surface area contributed by atoms with Crippen molar-refractivity contribution in [3.05, 3.63) is 0 Å². The summed E-state index contributed by atoms with van der Waals surface area (Å²) in [6.07, 6.45) is 3.67. The van der Waals surface area contributed by atoms with Gasteiger partial charge in [-0.05, 0) is 26.2 Å². The van der Waals surface area contributed by atoms with E-state index in [2.05, 4.69) is 36.4 Å². The molecule has 17 heavy (non-hydrogen) atoms. The minimum absolute atomic E-state index is 0.0955. The number of aliphatic imine (C=N–C) groups is 1. The van der Waals surface area contributed by atoms with Gasteiger partial charge in [-0.25, -0.2) is 0 Å². The van der Waals surface area contributed by atoms with Crippen LogP contribution in [0.15, 0.2) is 4.99 Å². The van der Waals surface area contributed by atoms with E-state index >= 15 is 0 Å². The molecule has 0 aliphatic heterocycles. The lowest BCUT2D eigenvalue weighted by Gasteiger charge is -2.18. The first kappa shape index (κ1) is 16.2. The normalized spacial score (nSPS) is 13.9. The van der Waals surface area contributed by atoms with Crippen LogP contribution in [0.5, 0.6) is 0 Å². The number of guanidine groups is 1. The molecule has 1 atom stereocenters. The standard InChI is InChI=1S/C13H29N3O/c1-5-14-13(15-9-10-17)16-12(4)8-6-7-11(2)3/h11-12,17H,5-10H2,1-4H3,(H2,14,15,16). The molecule has 0 aliphatic rings. The van der Waals surface area contributed by atoms with Gasteiger partial charge in [0.15, 0.2) is 5.96 Å². The highest BCUT2D eigenvalue weighted by Gasteiger charge is 2.05. The van der Waals surface area contributed by atoms with Gasteiger partial charge in [0.25, 0.3) is 0 Å². The summed E-state index contributed by atoms with van der Waals surface area (Å²) in [4.78, 5) is 4.26. The molecule has 0 fully saturated rings. The van der Waals surface area contributed by atoms with Crippen molar-refractivity contribution in [3.63, 3.8) is 0 Å². The van der Waals surface area contributed by atoms with Gasteiger partial charge in [0.05, 0.1) is 13.2 Å². The molecule has 4 heteroatoms. The zero-order chi connectivity index (χ0) is 13.1. The van der Waals surface area contributed by atoms with E-state index in [1.165, 1.54) is 12.8 Å². The fraction of sp³-hybridized carbons (Fsp3) is 0.923. The van der Waals surface area contributed by atoms with Crippen LogP contribution in [0.3, 0.4) is 0 Å². The fourth-order valence-corrected chi connectivity index (χ4v) is 1.62. The van der Waals surface area contributed by atoms with E-state index in [4.69, 9.17) is 5.11 Å². The molecule has 0 aromatic heterocycles. The SMILES string of the molecule is CCNC(=NCCO)NC(C)CCCC(C)C. The minimum atomic E-state index is 0.0955. The molecule has 4 nitrogen and oxygen atoms in total. The summed E-state index contributed by atoms with van der Waals surface area (Å²) in [6.45, 7) is 10.1. The Bertz CT molecular complexity index is 205. The third-order valence-electron chi connectivity index (χ3n) is 2.52. The zero-order valence-electron chi connectivity index (χ0n) is 11.8. The van der Waals surface area contributed by atoms with Crippen LogP contribution in [0, 0.1) is 5.92 Å². The van der Waals surface area contributed by atoms with Crippen LogP contribution in [0.2, 0.25) is 0 Å². The molecule has 0 saturated carbocycles. The highest BCUT2D eigenvalue weighted by Crippen LogP contribution is 2.07. The maximum absolute atomic E-state index is 8.76. The summed E-state index contributed by atoms with van der Waals surface area (Å²) in [5, 5.41) is 15.3. The first-order valence-corrected chi connectivity index (χ1v) is 6.75. The lowest BCUT2D eigenvalue weighted by atomic mass is 10.0. The third-order valence-corrected chi connectivity index (χ3v) is 2.52. The Morgan fingerprint density at radius 3 is 2.47 bits per heavy atom. The van der Waals surface area contributed by atoms with Gasteiger partial charge in [-0.15, -0.1) is 0 Å². The average molecular weight is 243 g/mol. The largest absolute Gasteiger partial charge is 0.394 e. The van der Waals surface area contributed by atoms with Gasteiger partial charge >= 0.3 is 0 Å². The molecule has 0 heterocycles. The molecule has 0 aromatic rings. The van der Waals surface area contributed by atoms with Gasteiger partial charge < -0.3 is 15.7 Å². The molecule has 0 saturated heterocycles. The number of aliphatic hydroxyl groups excluding tert-OH is 1. The van der Waals surface area contributed by atoms with E-state index in [0.717, 1.165) is 24.8 Å². The lowest BCUT2D eigenvalue weighted by Crippen LogP contribution is -2.42. The predicted molar refractivity (Wildman–Crippen MR) is 74.4 cm³/mol.